The molecule has 0 spiro atoms. The molecule has 1 aromatic heterocycles. The fourth-order valence-corrected chi connectivity index (χ4v) is 8.20. The van der Waals surface area contributed by atoms with Crippen LogP contribution in [0.4, 0.5) is 5.69 Å². The first-order valence-corrected chi connectivity index (χ1v) is 19.6. The van der Waals surface area contributed by atoms with Crippen LogP contribution < -0.4 is 5.32 Å². The summed E-state index contributed by atoms with van der Waals surface area (Å²) in [5, 5.41) is 2.96. The van der Waals surface area contributed by atoms with Crippen LogP contribution in [0.5, 0.6) is 0 Å². The van der Waals surface area contributed by atoms with E-state index in [0.717, 1.165) is 33.5 Å². The average Bonchev–Trinajstić information content (AvgIpc) is 3.67. The van der Waals surface area contributed by atoms with E-state index in [1.165, 1.54) is 0 Å². The van der Waals surface area contributed by atoms with Crippen LogP contribution in [0.3, 0.4) is 0 Å². The van der Waals surface area contributed by atoms with E-state index in [0.29, 0.717) is 56.5 Å². The van der Waals surface area contributed by atoms with E-state index >= 15 is 0 Å². The number of rotatable bonds is 10. The van der Waals surface area contributed by atoms with Crippen LogP contribution in [-0.2, 0) is 25.9 Å². The lowest BCUT2D eigenvalue weighted by molar-refractivity contribution is -0.145. The molecule has 2 amide bonds. The highest BCUT2D eigenvalue weighted by Crippen LogP contribution is 2.31. The molecule has 2 unspecified atom stereocenters. The minimum absolute atomic E-state index is 0.0153. The number of benzene rings is 4. The summed E-state index contributed by atoms with van der Waals surface area (Å²) in [4.78, 5) is 41.1. The predicted octanol–water partition coefficient (Wildman–Crippen LogP) is 5.43. The van der Waals surface area contributed by atoms with Gasteiger partial charge in [0.25, 0.3) is 5.91 Å². The molecule has 11 nitrogen and oxygen atoms in total. The Morgan fingerprint density at radius 3 is 2.17 bits per heavy atom. The molecule has 0 radical (unpaired) electrons. The zero-order valence-electron chi connectivity index (χ0n) is 29.9. The number of nitrogens with zero attached hydrogens (tertiary/aromatic N) is 4. The van der Waals surface area contributed by atoms with E-state index < -0.39 is 15.9 Å². The second kappa shape index (κ2) is 15.8. The predicted molar refractivity (Wildman–Crippen MR) is 206 cm³/mol. The van der Waals surface area contributed by atoms with E-state index in [1.807, 2.05) is 127 Å². The molecule has 2 aliphatic heterocycles. The third-order valence-electron chi connectivity index (χ3n) is 9.92. The number of morpholine rings is 1. The highest BCUT2D eigenvalue weighted by molar-refractivity contribution is 7.91. The monoisotopic (exact) mass is 732 g/mol. The van der Waals surface area contributed by atoms with Crippen molar-refractivity contribution >= 4 is 27.3 Å². The van der Waals surface area contributed by atoms with Crippen molar-refractivity contribution in [2.24, 2.45) is 0 Å². The molecule has 4 aromatic carbocycles. The Balaban J connectivity index is 0.967. The number of likely N-dealkylation sites (N-methyl/N-ethyl adjacent to an activating group) is 1. The van der Waals surface area contributed by atoms with E-state index in [2.05, 4.69) is 15.2 Å². The Hall–Kier alpha value is -5.14. The van der Waals surface area contributed by atoms with Gasteiger partial charge in [-0.25, -0.2) is 13.4 Å². The van der Waals surface area contributed by atoms with E-state index in [4.69, 9.17) is 9.72 Å². The molecule has 2 N–H and O–H groups in total. The van der Waals surface area contributed by atoms with Gasteiger partial charge in [-0.05, 0) is 66.2 Å². The molecule has 53 heavy (non-hydrogen) atoms. The fourth-order valence-electron chi connectivity index (χ4n) is 6.92. The fraction of sp³-hybridized carbons (Fsp3) is 0.293. The van der Waals surface area contributed by atoms with Crippen LogP contribution >= 0.6 is 0 Å². The number of hydrogen-bond acceptors (Lipinski definition) is 8. The molecule has 2 saturated heterocycles. The van der Waals surface area contributed by atoms with Crippen molar-refractivity contribution < 1.29 is 22.7 Å². The van der Waals surface area contributed by atoms with Gasteiger partial charge in [0.1, 0.15) is 17.9 Å². The molecule has 0 aliphatic carbocycles. The van der Waals surface area contributed by atoms with Crippen molar-refractivity contribution in [3.63, 3.8) is 0 Å². The van der Waals surface area contributed by atoms with Crippen molar-refractivity contribution in [3.05, 3.63) is 132 Å². The topological polar surface area (TPSA) is 128 Å². The standard InChI is InChI=1S/C41H44N6O5S/c1-45(2)38(33-6-4-3-5-7-33)41(49)47-20-23-52-28-37(47)39-42-26-36(44-39)32-14-10-30(11-15-32)31-12-16-34(17-13-31)40(48)43-35-18-8-29(9-19-35)27-46-21-24-53(50,51)25-22-46/h3-19,26,37-38H,20-25,27-28H2,1-2H3,(H,42,44)(H,43,48). The summed E-state index contributed by atoms with van der Waals surface area (Å²) in [6.45, 7) is 3.09. The summed E-state index contributed by atoms with van der Waals surface area (Å²) in [5.74, 6) is 0.904. The molecule has 2 fully saturated rings. The molecule has 2 aliphatic rings. The minimum Gasteiger partial charge on any atom is -0.377 e. The maximum Gasteiger partial charge on any atom is 0.255 e. The van der Waals surface area contributed by atoms with Crippen LogP contribution in [0.1, 0.15) is 39.4 Å². The van der Waals surface area contributed by atoms with Crippen molar-refractivity contribution in [1.29, 1.82) is 0 Å². The first-order chi connectivity index (χ1) is 25.6. The number of aromatic nitrogens is 2. The van der Waals surface area contributed by atoms with Crippen LogP contribution in [-0.4, -0.2) is 103 Å². The number of ether oxygens (including phenoxy) is 1. The summed E-state index contributed by atoms with van der Waals surface area (Å²) < 4.78 is 29.2. The summed E-state index contributed by atoms with van der Waals surface area (Å²) in [6, 6.07) is 32.4. The number of sulfone groups is 1. The number of amides is 2. The Kier molecular flexibility index (Phi) is 10.8. The lowest BCUT2D eigenvalue weighted by Gasteiger charge is -2.38. The molecule has 5 aromatic rings. The number of imidazole rings is 1. The number of anilines is 1. The molecule has 3 heterocycles. The van der Waals surface area contributed by atoms with Gasteiger partial charge in [0.2, 0.25) is 5.91 Å². The highest BCUT2D eigenvalue weighted by Gasteiger charge is 2.36. The smallest absolute Gasteiger partial charge is 0.255 e. The number of aromatic amines is 1. The number of carbonyl (C=O) groups excluding carboxylic acids is 2. The van der Waals surface area contributed by atoms with Gasteiger partial charge in [-0.15, -0.1) is 0 Å². The van der Waals surface area contributed by atoms with Gasteiger partial charge < -0.3 is 19.9 Å². The van der Waals surface area contributed by atoms with Crippen molar-refractivity contribution in [1.82, 2.24) is 24.7 Å². The van der Waals surface area contributed by atoms with Gasteiger partial charge in [0.15, 0.2) is 9.84 Å². The SMILES string of the molecule is CN(C)C(C(=O)N1CCOCC1c1ncc(-c2ccc(-c3ccc(C(=O)Nc4ccc(CN5CCS(=O)(=O)CC5)cc4)cc3)cc2)[nH]1)c1ccccc1. The van der Waals surface area contributed by atoms with Gasteiger partial charge in [-0.1, -0.05) is 78.9 Å². The second-order valence-corrected chi connectivity index (χ2v) is 16.1. The molecule has 12 heteroatoms. The Bertz CT molecular complexity index is 2120. The molecular weight excluding hydrogens is 689 g/mol. The Labute approximate surface area is 310 Å². The van der Waals surface area contributed by atoms with Gasteiger partial charge in [-0.3, -0.25) is 19.4 Å². The van der Waals surface area contributed by atoms with Gasteiger partial charge in [-0.2, -0.15) is 0 Å². The van der Waals surface area contributed by atoms with E-state index in [9.17, 15) is 18.0 Å². The Morgan fingerprint density at radius 2 is 1.51 bits per heavy atom. The largest absolute Gasteiger partial charge is 0.377 e. The average molecular weight is 733 g/mol. The molecule has 2 atom stereocenters. The number of hydrogen-bond donors (Lipinski definition) is 2. The molecule has 0 bridgehead atoms. The van der Waals surface area contributed by atoms with Gasteiger partial charge in [0.05, 0.1) is 36.6 Å². The first-order valence-electron chi connectivity index (χ1n) is 17.8. The maximum atomic E-state index is 13.9. The van der Waals surface area contributed by atoms with Crippen LogP contribution in [0, 0.1) is 0 Å². The number of carbonyl (C=O) groups is 2. The zero-order valence-corrected chi connectivity index (χ0v) is 30.8. The van der Waals surface area contributed by atoms with Gasteiger partial charge >= 0.3 is 0 Å². The van der Waals surface area contributed by atoms with Crippen molar-refractivity contribution in [2.45, 2.75) is 18.6 Å². The molecule has 274 valence electrons. The zero-order chi connectivity index (χ0) is 37.0. The summed E-state index contributed by atoms with van der Waals surface area (Å²) in [7, 11) is 0.935. The maximum absolute atomic E-state index is 13.9. The molecule has 0 saturated carbocycles. The quantitative estimate of drug-likeness (QED) is 0.195. The highest BCUT2D eigenvalue weighted by atomic mass is 32.2. The van der Waals surface area contributed by atoms with Crippen LogP contribution in [0.2, 0.25) is 0 Å². The number of H-pyrrole nitrogens is 1. The first kappa shape index (κ1) is 36.2. The van der Waals surface area contributed by atoms with Crippen LogP contribution in [0.15, 0.2) is 109 Å². The lowest BCUT2D eigenvalue weighted by Crippen LogP contribution is -2.48. The third kappa shape index (κ3) is 8.58. The third-order valence-corrected chi connectivity index (χ3v) is 11.5. The normalized spacial score (nSPS) is 18.1. The second-order valence-electron chi connectivity index (χ2n) is 13.8. The van der Waals surface area contributed by atoms with Crippen molar-refractivity contribution in [2.75, 3.05) is 63.8 Å². The minimum atomic E-state index is -2.91. The number of nitrogens with one attached hydrogen (secondary N) is 2. The van der Waals surface area contributed by atoms with Crippen molar-refractivity contribution in [3.8, 4) is 22.4 Å². The summed E-state index contributed by atoms with van der Waals surface area (Å²) in [6.07, 6.45) is 1.80. The summed E-state index contributed by atoms with van der Waals surface area (Å²) in [5.41, 5.74) is 7.06. The summed E-state index contributed by atoms with van der Waals surface area (Å²) >= 11 is 0. The Morgan fingerprint density at radius 1 is 0.868 bits per heavy atom. The molecule has 7 rings (SSSR count). The van der Waals surface area contributed by atoms with Crippen LogP contribution in [0.25, 0.3) is 22.4 Å². The van der Waals surface area contributed by atoms with E-state index in [1.54, 1.807) is 6.20 Å². The van der Waals surface area contributed by atoms with E-state index in [-0.39, 0.29) is 29.4 Å². The van der Waals surface area contributed by atoms with Gasteiger partial charge in [0, 0.05) is 37.4 Å². The molecular formula is C41H44N6O5S. The lowest BCUT2D eigenvalue weighted by atomic mass is 10.0.